The first-order valence-electron chi connectivity index (χ1n) is 8.03. The summed E-state index contributed by atoms with van der Waals surface area (Å²) in [6.45, 7) is 6.37. The second kappa shape index (κ2) is 7.33. The predicted octanol–water partition coefficient (Wildman–Crippen LogP) is 2.74. The van der Waals surface area contributed by atoms with Gasteiger partial charge in [-0.3, -0.25) is 0 Å². The lowest BCUT2D eigenvalue weighted by Gasteiger charge is -2.45. The number of benzene rings is 1. The number of aliphatic hydroxyl groups is 1. The molecule has 0 aromatic heterocycles. The third-order valence-electron chi connectivity index (χ3n) is 4.23. The van der Waals surface area contributed by atoms with Crippen LogP contribution in [0.1, 0.15) is 50.8 Å². The summed E-state index contributed by atoms with van der Waals surface area (Å²) in [4.78, 5) is 5.55. The van der Waals surface area contributed by atoms with Crippen LogP contribution in [0.5, 0.6) is 5.75 Å². The molecule has 126 valence electrons. The van der Waals surface area contributed by atoms with Crippen LogP contribution < -0.4 is 4.74 Å². The minimum absolute atomic E-state index is 0.430. The maximum Gasteiger partial charge on any atom is 0.207 e. The van der Waals surface area contributed by atoms with Crippen LogP contribution >= 0.6 is 0 Å². The van der Waals surface area contributed by atoms with Crippen molar-refractivity contribution in [3.63, 3.8) is 0 Å². The highest BCUT2D eigenvalue weighted by molar-refractivity contribution is 5.59. The van der Waals surface area contributed by atoms with Gasteiger partial charge in [-0.2, -0.15) is 15.5 Å². The molecule has 2 rings (SSSR count). The van der Waals surface area contributed by atoms with E-state index in [2.05, 4.69) is 18.0 Å². The van der Waals surface area contributed by atoms with Gasteiger partial charge >= 0.3 is 0 Å². The molecule has 1 aromatic rings. The molecule has 0 spiro atoms. The molecule has 6 heteroatoms. The molecule has 0 saturated heterocycles. The smallest absolute Gasteiger partial charge is 0.207 e. The van der Waals surface area contributed by atoms with Gasteiger partial charge in [-0.15, -0.1) is 0 Å². The van der Waals surface area contributed by atoms with E-state index in [1.807, 2.05) is 18.7 Å². The average Bonchev–Trinajstić information content (AvgIpc) is 2.56. The lowest BCUT2D eigenvalue weighted by Crippen LogP contribution is -2.53. The molecule has 2 unspecified atom stereocenters. The van der Waals surface area contributed by atoms with Crippen molar-refractivity contribution >= 4 is 6.34 Å². The summed E-state index contributed by atoms with van der Waals surface area (Å²) in [7, 11) is 0. The normalized spacial score (nSPS) is 21.4. The molecule has 0 saturated carbocycles. The summed E-state index contributed by atoms with van der Waals surface area (Å²) in [5.74, 6) is 0.640. The molecule has 0 aliphatic carbocycles. The van der Waals surface area contributed by atoms with Crippen molar-refractivity contribution in [1.82, 2.24) is 4.90 Å². The zero-order chi connectivity index (χ0) is 17.7. The topological polar surface area (TPSA) is 92.6 Å². The zero-order valence-electron chi connectivity index (χ0n) is 14.2. The molecule has 1 aliphatic rings. The van der Waals surface area contributed by atoms with Crippen LogP contribution in [0, 0.1) is 22.8 Å². The number of hydrogen-bond acceptors (Lipinski definition) is 5. The Morgan fingerprint density at radius 1 is 1.42 bits per heavy atom. The number of unbranched alkanes of at least 4 members (excludes halogenated alkanes) is 1. The Hall–Kier alpha value is -2.57. The zero-order valence-corrected chi connectivity index (χ0v) is 14.2. The Morgan fingerprint density at radius 3 is 2.79 bits per heavy atom. The van der Waals surface area contributed by atoms with E-state index in [-0.39, 0.29) is 0 Å². The van der Waals surface area contributed by atoms with Gasteiger partial charge < -0.3 is 14.7 Å². The third-order valence-corrected chi connectivity index (χ3v) is 4.23. The number of aliphatic hydroxyl groups excluding tert-OH is 1. The Labute approximate surface area is 142 Å². The summed E-state index contributed by atoms with van der Waals surface area (Å²) >= 11 is 0. The Bertz CT molecular complexity index is 700. The summed E-state index contributed by atoms with van der Waals surface area (Å²) in [6, 6.07) is 6.88. The molecule has 2 atom stereocenters. The van der Waals surface area contributed by atoms with Crippen molar-refractivity contribution in [3.8, 4) is 18.0 Å². The number of rotatable bonds is 5. The van der Waals surface area contributed by atoms with E-state index in [4.69, 9.17) is 10.00 Å². The van der Waals surface area contributed by atoms with Crippen molar-refractivity contribution in [2.24, 2.45) is 4.99 Å². The molecule has 0 amide bonds. The van der Waals surface area contributed by atoms with Gasteiger partial charge in [0.15, 0.2) is 0 Å². The first-order chi connectivity index (χ1) is 11.4. The van der Waals surface area contributed by atoms with Crippen LogP contribution in [-0.2, 0) is 0 Å². The number of nitriles is 2. The fourth-order valence-corrected chi connectivity index (χ4v) is 2.91. The minimum atomic E-state index is -0.832. The van der Waals surface area contributed by atoms with E-state index >= 15 is 0 Å². The third kappa shape index (κ3) is 3.50. The van der Waals surface area contributed by atoms with E-state index in [0.717, 1.165) is 18.4 Å². The second-order valence-corrected chi connectivity index (χ2v) is 6.40. The fourth-order valence-electron chi connectivity index (χ4n) is 2.91. The van der Waals surface area contributed by atoms with E-state index in [1.165, 1.54) is 6.34 Å². The summed E-state index contributed by atoms with van der Waals surface area (Å²) < 4.78 is 5.92. The van der Waals surface area contributed by atoms with Gasteiger partial charge in [-0.1, -0.05) is 13.3 Å². The molecular formula is C18H22N4O2. The van der Waals surface area contributed by atoms with Crippen LogP contribution in [0.3, 0.4) is 0 Å². The van der Waals surface area contributed by atoms with E-state index in [1.54, 1.807) is 24.4 Å². The Morgan fingerprint density at radius 2 is 2.17 bits per heavy atom. The molecule has 1 N–H and O–H groups in total. The van der Waals surface area contributed by atoms with Crippen molar-refractivity contribution in [3.05, 3.63) is 29.3 Å². The number of ether oxygens (including phenoxy) is 1. The van der Waals surface area contributed by atoms with E-state index in [9.17, 15) is 10.4 Å². The standard InChI is InChI=1S/C18H22N4O2/c1-4-5-8-22(12-21-11-20)16-14-9-13(10-19)6-7-15(14)24-18(2,3)17(16)23/h6-7,9,12,16-17,23H,4-5,8H2,1-3H3. The molecule has 0 radical (unpaired) electrons. The van der Waals surface area contributed by atoms with Crippen molar-refractivity contribution < 1.29 is 9.84 Å². The predicted molar refractivity (Wildman–Crippen MR) is 90.3 cm³/mol. The largest absolute Gasteiger partial charge is 0.485 e. The number of fused-ring (bicyclic) bond motifs is 1. The van der Waals surface area contributed by atoms with Crippen LogP contribution in [0.2, 0.25) is 0 Å². The Kier molecular flexibility index (Phi) is 5.43. The molecule has 0 bridgehead atoms. The first-order valence-corrected chi connectivity index (χ1v) is 8.03. The molecule has 1 aliphatic heterocycles. The SMILES string of the molecule is CCCCN(C=NC#N)C1c2cc(C#N)ccc2OC(C)(C)C1O. The summed E-state index contributed by atoms with van der Waals surface area (Å²) in [5.41, 5.74) is 0.444. The number of nitrogens with zero attached hydrogens (tertiary/aromatic N) is 4. The maximum atomic E-state index is 10.9. The van der Waals surface area contributed by atoms with E-state index in [0.29, 0.717) is 17.9 Å². The van der Waals surface area contributed by atoms with Crippen LogP contribution in [0.15, 0.2) is 23.2 Å². The first kappa shape index (κ1) is 17.8. The second-order valence-electron chi connectivity index (χ2n) is 6.40. The fraction of sp³-hybridized carbons (Fsp3) is 0.500. The highest BCUT2D eigenvalue weighted by atomic mass is 16.5. The van der Waals surface area contributed by atoms with Gasteiger partial charge in [0, 0.05) is 12.1 Å². The molecule has 1 heterocycles. The average molecular weight is 326 g/mol. The van der Waals surface area contributed by atoms with Gasteiger partial charge in [-0.25, -0.2) is 0 Å². The summed E-state index contributed by atoms with van der Waals surface area (Å²) in [5, 5.41) is 28.8. The van der Waals surface area contributed by atoms with Crippen molar-refractivity contribution in [2.45, 2.75) is 51.4 Å². The van der Waals surface area contributed by atoms with Crippen molar-refractivity contribution in [1.29, 1.82) is 10.5 Å². The van der Waals surface area contributed by atoms with Gasteiger partial charge in [0.25, 0.3) is 0 Å². The van der Waals surface area contributed by atoms with Gasteiger partial charge in [0.1, 0.15) is 23.8 Å². The van der Waals surface area contributed by atoms with Crippen molar-refractivity contribution in [2.75, 3.05) is 6.54 Å². The molecule has 0 fully saturated rings. The minimum Gasteiger partial charge on any atom is -0.485 e. The van der Waals surface area contributed by atoms with Gasteiger partial charge in [0.05, 0.1) is 17.7 Å². The van der Waals surface area contributed by atoms with Crippen LogP contribution in [0.4, 0.5) is 0 Å². The Balaban J connectivity index is 2.53. The van der Waals surface area contributed by atoms with Gasteiger partial charge in [-0.05, 0) is 38.5 Å². The summed E-state index contributed by atoms with van der Waals surface area (Å²) in [6.07, 6.45) is 4.27. The van der Waals surface area contributed by atoms with E-state index < -0.39 is 17.7 Å². The lowest BCUT2D eigenvalue weighted by atomic mass is 9.85. The van der Waals surface area contributed by atoms with Crippen LogP contribution in [-0.4, -0.2) is 34.6 Å². The highest BCUT2D eigenvalue weighted by Crippen LogP contribution is 2.42. The maximum absolute atomic E-state index is 10.9. The molecule has 6 nitrogen and oxygen atoms in total. The number of hydrogen-bond donors (Lipinski definition) is 1. The molecule has 1 aromatic carbocycles. The monoisotopic (exact) mass is 326 g/mol. The van der Waals surface area contributed by atoms with Crippen LogP contribution in [0.25, 0.3) is 0 Å². The lowest BCUT2D eigenvalue weighted by molar-refractivity contribution is -0.0809. The quantitative estimate of drug-likeness (QED) is 0.510. The highest BCUT2D eigenvalue weighted by Gasteiger charge is 2.45. The number of aliphatic imine (C=N–C) groups is 1. The molecular weight excluding hydrogens is 304 g/mol. The van der Waals surface area contributed by atoms with Gasteiger partial charge in [0.2, 0.25) is 6.19 Å². The molecule has 24 heavy (non-hydrogen) atoms.